The number of aliphatic hydroxyl groups is 1. The number of aliphatic hydroxyl groups excluding tert-OH is 1. The lowest BCUT2D eigenvalue weighted by molar-refractivity contribution is -0.131. The van der Waals surface area contributed by atoms with E-state index in [1.807, 2.05) is 11.8 Å². The minimum absolute atomic E-state index is 0.193. The van der Waals surface area contributed by atoms with E-state index in [0.717, 1.165) is 32.6 Å². The minimum atomic E-state index is 0.193. The van der Waals surface area contributed by atoms with E-state index in [1.165, 1.54) is 0 Å². The van der Waals surface area contributed by atoms with E-state index in [-0.39, 0.29) is 18.4 Å². The van der Waals surface area contributed by atoms with Crippen molar-refractivity contribution in [3.05, 3.63) is 0 Å². The maximum Gasteiger partial charge on any atom is 0.222 e. The molecule has 1 saturated heterocycles. The number of nitrogens with two attached hydrogens (primary N) is 1. The largest absolute Gasteiger partial charge is 0.395 e. The lowest BCUT2D eigenvalue weighted by Gasteiger charge is -2.22. The van der Waals surface area contributed by atoms with Crippen LogP contribution in [-0.4, -0.2) is 66.7 Å². The highest BCUT2D eigenvalue weighted by Gasteiger charge is 2.19. The molecule has 5 nitrogen and oxygen atoms in total. The van der Waals surface area contributed by atoms with Crippen molar-refractivity contribution in [1.82, 2.24) is 9.80 Å². The van der Waals surface area contributed by atoms with Gasteiger partial charge in [-0.3, -0.25) is 9.69 Å². The number of rotatable bonds is 5. The van der Waals surface area contributed by atoms with Gasteiger partial charge in [-0.1, -0.05) is 6.92 Å². The summed E-state index contributed by atoms with van der Waals surface area (Å²) in [5, 5.41) is 8.90. The Morgan fingerprint density at radius 3 is 2.76 bits per heavy atom. The highest BCUT2D eigenvalue weighted by molar-refractivity contribution is 5.76. The van der Waals surface area contributed by atoms with E-state index in [9.17, 15) is 4.79 Å². The number of hydrogen-bond donors (Lipinski definition) is 2. The van der Waals surface area contributed by atoms with Gasteiger partial charge < -0.3 is 15.7 Å². The molecular formula is C12H25N3O2. The van der Waals surface area contributed by atoms with Crippen LogP contribution in [0, 0.1) is 5.92 Å². The highest BCUT2D eigenvalue weighted by Crippen LogP contribution is 2.08. The SMILES string of the molecule is CC(CN)CC(=O)N1CCCN(CCO)CC1. The molecule has 17 heavy (non-hydrogen) atoms. The average molecular weight is 243 g/mol. The first-order chi connectivity index (χ1) is 8.17. The molecule has 0 radical (unpaired) electrons. The smallest absolute Gasteiger partial charge is 0.222 e. The summed E-state index contributed by atoms with van der Waals surface area (Å²) in [5.74, 6) is 0.480. The molecule has 1 aliphatic rings. The van der Waals surface area contributed by atoms with Crippen LogP contribution in [0.1, 0.15) is 19.8 Å². The van der Waals surface area contributed by atoms with Crippen molar-refractivity contribution in [3.63, 3.8) is 0 Å². The summed E-state index contributed by atoms with van der Waals surface area (Å²) in [5.41, 5.74) is 5.54. The Labute approximate surface area is 104 Å². The third-order valence-electron chi connectivity index (χ3n) is 3.28. The van der Waals surface area contributed by atoms with E-state index < -0.39 is 0 Å². The predicted molar refractivity (Wildman–Crippen MR) is 67.6 cm³/mol. The van der Waals surface area contributed by atoms with Gasteiger partial charge in [-0.05, 0) is 25.4 Å². The molecule has 0 bridgehead atoms. The van der Waals surface area contributed by atoms with Crippen molar-refractivity contribution in [3.8, 4) is 0 Å². The second-order valence-corrected chi connectivity index (χ2v) is 4.84. The summed E-state index contributed by atoms with van der Waals surface area (Å²) < 4.78 is 0. The Morgan fingerprint density at radius 2 is 2.12 bits per heavy atom. The van der Waals surface area contributed by atoms with Gasteiger partial charge in [-0.25, -0.2) is 0 Å². The van der Waals surface area contributed by atoms with E-state index in [4.69, 9.17) is 10.8 Å². The number of carbonyl (C=O) groups is 1. The summed E-state index contributed by atoms with van der Waals surface area (Å²) in [6.45, 7) is 6.91. The van der Waals surface area contributed by atoms with Crippen molar-refractivity contribution in [2.24, 2.45) is 11.7 Å². The van der Waals surface area contributed by atoms with Crippen LogP contribution in [0.15, 0.2) is 0 Å². The van der Waals surface area contributed by atoms with Gasteiger partial charge in [0.2, 0.25) is 5.91 Å². The van der Waals surface area contributed by atoms with Crippen LogP contribution in [0.3, 0.4) is 0 Å². The maximum absolute atomic E-state index is 12.0. The van der Waals surface area contributed by atoms with Crippen molar-refractivity contribution in [1.29, 1.82) is 0 Å². The Balaban J connectivity index is 2.37. The molecule has 100 valence electrons. The van der Waals surface area contributed by atoms with Gasteiger partial charge in [0, 0.05) is 32.6 Å². The average Bonchev–Trinajstić information content (AvgIpc) is 2.55. The molecule has 1 heterocycles. The van der Waals surface area contributed by atoms with E-state index >= 15 is 0 Å². The van der Waals surface area contributed by atoms with E-state index in [0.29, 0.717) is 19.5 Å². The zero-order valence-corrected chi connectivity index (χ0v) is 10.8. The van der Waals surface area contributed by atoms with Crippen LogP contribution in [0.4, 0.5) is 0 Å². The lowest BCUT2D eigenvalue weighted by atomic mass is 10.1. The summed E-state index contributed by atoms with van der Waals surface area (Å²) in [6, 6.07) is 0. The Morgan fingerprint density at radius 1 is 1.35 bits per heavy atom. The molecule has 1 fully saturated rings. The number of amides is 1. The van der Waals surface area contributed by atoms with Gasteiger partial charge in [-0.15, -0.1) is 0 Å². The summed E-state index contributed by atoms with van der Waals surface area (Å²) in [4.78, 5) is 16.1. The lowest BCUT2D eigenvalue weighted by Crippen LogP contribution is -2.37. The van der Waals surface area contributed by atoms with Gasteiger partial charge in [-0.2, -0.15) is 0 Å². The molecule has 0 aromatic rings. The van der Waals surface area contributed by atoms with Crippen LogP contribution in [0.5, 0.6) is 0 Å². The number of hydrogen-bond acceptors (Lipinski definition) is 4. The van der Waals surface area contributed by atoms with Gasteiger partial charge in [0.1, 0.15) is 0 Å². The van der Waals surface area contributed by atoms with Crippen LogP contribution in [-0.2, 0) is 4.79 Å². The zero-order valence-electron chi connectivity index (χ0n) is 10.8. The molecule has 0 aromatic heterocycles. The Bertz CT molecular complexity index is 236. The molecule has 0 spiro atoms. The molecule has 3 N–H and O–H groups in total. The van der Waals surface area contributed by atoms with Gasteiger partial charge in [0.25, 0.3) is 0 Å². The highest BCUT2D eigenvalue weighted by atomic mass is 16.3. The molecule has 5 heteroatoms. The molecule has 1 unspecified atom stereocenters. The fraction of sp³-hybridized carbons (Fsp3) is 0.917. The summed E-state index contributed by atoms with van der Waals surface area (Å²) in [7, 11) is 0. The molecule has 1 amide bonds. The molecule has 1 aliphatic heterocycles. The maximum atomic E-state index is 12.0. The van der Waals surface area contributed by atoms with E-state index in [2.05, 4.69) is 4.90 Å². The first-order valence-corrected chi connectivity index (χ1v) is 6.48. The third-order valence-corrected chi connectivity index (χ3v) is 3.28. The number of carbonyl (C=O) groups excluding carboxylic acids is 1. The summed E-state index contributed by atoms with van der Waals surface area (Å²) in [6.07, 6.45) is 1.54. The molecular weight excluding hydrogens is 218 g/mol. The van der Waals surface area contributed by atoms with E-state index in [1.54, 1.807) is 0 Å². The monoisotopic (exact) mass is 243 g/mol. The number of β-amino-alcohol motifs (C(OH)–C–C–N with tert-alkyl or cyclic N) is 1. The van der Waals surface area contributed by atoms with Crippen LogP contribution >= 0.6 is 0 Å². The van der Waals surface area contributed by atoms with Crippen molar-refractivity contribution < 1.29 is 9.90 Å². The van der Waals surface area contributed by atoms with Crippen molar-refractivity contribution in [2.75, 3.05) is 45.9 Å². The second-order valence-electron chi connectivity index (χ2n) is 4.84. The van der Waals surface area contributed by atoms with Crippen LogP contribution < -0.4 is 5.73 Å². The van der Waals surface area contributed by atoms with Crippen molar-refractivity contribution in [2.45, 2.75) is 19.8 Å². The Hall–Kier alpha value is -0.650. The topological polar surface area (TPSA) is 69.8 Å². The van der Waals surface area contributed by atoms with Crippen molar-refractivity contribution >= 4 is 5.91 Å². The first-order valence-electron chi connectivity index (χ1n) is 6.48. The van der Waals surface area contributed by atoms with Gasteiger partial charge >= 0.3 is 0 Å². The van der Waals surface area contributed by atoms with Gasteiger partial charge in [0.15, 0.2) is 0 Å². The third kappa shape index (κ3) is 5.02. The fourth-order valence-electron chi connectivity index (χ4n) is 2.10. The molecule has 0 aromatic carbocycles. The normalized spacial score (nSPS) is 20.1. The zero-order chi connectivity index (χ0) is 12.7. The van der Waals surface area contributed by atoms with Crippen LogP contribution in [0.25, 0.3) is 0 Å². The standard InChI is InChI=1S/C12H25N3O2/c1-11(10-13)9-12(17)15-4-2-3-14(5-6-15)7-8-16/h11,16H,2-10,13H2,1H3. The number of nitrogens with zero attached hydrogens (tertiary/aromatic N) is 2. The quantitative estimate of drug-likeness (QED) is 0.683. The fourth-order valence-corrected chi connectivity index (χ4v) is 2.10. The van der Waals surface area contributed by atoms with Crippen LogP contribution in [0.2, 0.25) is 0 Å². The molecule has 1 rings (SSSR count). The molecule has 0 saturated carbocycles. The minimum Gasteiger partial charge on any atom is -0.395 e. The molecule has 1 atom stereocenters. The Kier molecular flexibility index (Phi) is 6.47. The summed E-state index contributed by atoms with van der Waals surface area (Å²) >= 11 is 0. The van der Waals surface area contributed by atoms with Gasteiger partial charge in [0.05, 0.1) is 6.61 Å². The molecule has 0 aliphatic carbocycles. The predicted octanol–water partition coefficient (Wildman–Crippen LogP) is -0.502. The first kappa shape index (κ1) is 14.4. The second kappa shape index (κ2) is 7.63.